The first-order chi connectivity index (χ1) is 17.2. The lowest BCUT2D eigenvalue weighted by atomic mass is 9.92. The molecule has 2 aliphatic rings. The summed E-state index contributed by atoms with van der Waals surface area (Å²) in [7, 11) is -1.29. The van der Waals surface area contributed by atoms with Crippen molar-refractivity contribution in [1.29, 1.82) is 0 Å². The van der Waals surface area contributed by atoms with Gasteiger partial charge in [0.1, 0.15) is 23.3 Å². The molecule has 0 spiro atoms. The zero-order valence-corrected chi connectivity index (χ0v) is 21.7. The number of anilines is 1. The maximum atomic E-state index is 13.7. The summed E-state index contributed by atoms with van der Waals surface area (Å²) in [5, 5.41) is 3.28. The van der Waals surface area contributed by atoms with E-state index < -0.39 is 21.3 Å². The van der Waals surface area contributed by atoms with Gasteiger partial charge in [0.25, 0.3) is 0 Å². The summed E-state index contributed by atoms with van der Waals surface area (Å²) < 4.78 is 34.8. The zero-order chi connectivity index (χ0) is 25.5. The summed E-state index contributed by atoms with van der Waals surface area (Å²) in [4.78, 5) is 15.8. The summed E-state index contributed by atoms with van der Waals surface area (Å²) in [5.74, 6) is 2.59. The third-order valence-corrected chi connectivity index (χ3v) is 9.03. The quantitative estimate of drug-likeness (QED) is 0.518. The minimum absolute atomic E-state index is 0.0198. The number of benzene rings is 2. The van der Waals surface area contributed by atoms with E-state index in [1.54, 1.807) is 7.11 Å². The van der Waals surface area contributed by atoms with E-state index in [2.05, 4.69) is 10.2 Å². The van der Waals surface area contributed by atoms with Crippen LogP contribution in [0.1, 0.15) is 47.1 Å². The molecule has 3 aromatic rings. The number of ether oxygens (including phenoxy) is 1. The Kier molecular flexibility index (Phi) is 6.32. The Morgan fingerprint density at radius 3 is 2.28 bits per heavy atom. The van der Waals surface area contributed by atoms with Crippen molar-refractivity contribution >= 4 is 21.4 Å². The van der Waals surface area contributed by atoms with Gasteiger partial charge in [-0.25, -0.2) is 8.42 Å². The highest BCUT2D eigenvalue weighted by Crippen LogP contribution is 2.49. The van der Waals surface area contributed by atoms with E-state index in [9.17, 15) is 13.2 Å². The molecule has 1 aliphatic heterocycles. The Labute approximate surface area is 212 Å². The molecule has 1 N–H and O–H groups in total. The molecule has 2 heterocycles. The van der Waals surface area contributed by atoms with Crippen LogP contribution in [0.4, 0.5) is 5.69 Å². The molecule has 36 heavy (non-hydrogen) atoms. The highest BCUT2D eigenvalue weighted by molar-refractivity contribution is 7.91. The highest BCUT2D eigenvalue weighted by Gasteiger charge is 2.52. The van der Waals surface area contributed by atoms with E-state index in [4.69, 9.17) is 9.15 Å². The Morgan fingerprint density at radius 2 is 1.72 bits per heavy atom. The first kappa shape index (κ1) is 24.4. The predicted molar refractivity (Wildman–Crippen MR) is 139 cm³/mol. The van der Waals surface area contributed by atoms with Crippen molar-refractivity contribution < 1.29 is 22.4 Å². The lowest BCUT2D eigenvalue weighted by Crippen LogP contribution is -2.40. The molecule has 0 radical (unpaired) electrons. The van der Waals surface area contributed by atoms with Crippen molar-refractivity contribution in [2.75, 3.05) is 36.6 Å². The fraction of sp³-hybridized carbons (Fsp3) is 0.393. The van der Waals surface area contributed by atoms with E-state index in [-0.39, 0.29) is 17.4 Å². The largest absolute Gasteiger partial charge is 0.497 e. The smallest absolute Gasteiger partial charge is 0.231 e. The third kappa shape index (κ3) is 4.74. The van der Waals surface area contributed by atoms with Crippen LogP contribution in [0.2, 0.25) is 0 Å². The number of nitrogens with zero attached hydrogens (tertiary/aromatic N) is 1. The van der Waals surface area contributed by atoms with Crippen molar-refractivity contribution in [3.05, 3.63) is 82.8 Å². The number of hydrogen-bond acceptors (Lipinski definition) is 6. The van der Waals surface area contributed by atoms with Crippen LogP contribution in [0, 0.1) is 13.8 Å². The van der Waals surface area contributed by atoms with E-state index in [1.807, 2.05) is 68.4 Å². The number of aryl methyl sites for hydroxylation is 2. The van der Waals surface area contributed by atoms with Gasteiger partial charge in [-0.15, -0.1) is 0 Å². The van der Waals surface area contributed by atoms with E-state index in [0.29, 0.717) is 18.8 Å². The molecule has 1 amide bonds. The number of carbonyl (C=O) groups is 1. The summed E-state index contributed by atoms with van der Waals surface area (Å²) in [5.41, 5.74) is 3.37. The van der Waals surface area contributed by atoms with Gasteiger partial charge in [0.05, 0.1) is 24.0 Å². The Hall–Kier alpha value is -3.26. The minimum atomic E-state index is -2.93. The summed E-state index contributed by atoms with van der Waals surface area (Å²) in [6, 6.07) is 17.3. The van der Waals surface area contributed by atoms with E-state index >= 15 is 0 Å². The maximum absolute atomic E-state index is 13.7. The van der Waals surface area contributed by atoms with Crippen molar-refractivity contribution in [1.82, 2.24) is 5.32 Å². The number of furan rings is 1. The number of amides is 1. The van der Waals surface area contributed by atoms with Gasteiger partial charge in [-0.2, -0.15) is 0 Å². The van der Waals surface area contributed by atoms with Crippen LogP contribution in [0.15, 0.2) is 59.0 Å². The molecule has 5 rings (SSSR count). The predicted octanol–water partition coefficient (Wildman–Crippen LogP) is 4.08. The van der Waals surface area contributed by atoms with Crippen LogP contribution in [0.5, 0.6) is 5.75 Å². The van der Waals surface area contributed by atoms with Crippen LogP contribution in [-0.2, 0) is 20.0 Å². The zero-order valence-electron chi connectivity index (χ0n) is 20.9. The molecule has 190 valence electrons. The van der Waals surface area contributed by atoms with E-state index in [0.717, 1.165) is 46.7 Å². The fourth-order valence-electron chi connectivity index (χ4n) is 5.01. The normalized spacial score (nSPS) is 18.9. The van der Waals surface area contributed by atoms with Crippen molar-refractivity contribution in [3.8, 4) is 5.75 Å². The molecule has 1 unspecified atom stereocenters. The number of carbonyl (C=O) groups excluding carboxylic acids is 1. The Morgan fingerprint density at radius 1 is 1.03 bits per heavy atom. The lowest BCUT2D eigenvalue weighted by Gasteiger charge is -2.29. The standard InChI is InChI=1S/C28H32N2O5S/c1-19-18-23(34-3)9-10-24(19)26(25-11-4-20(2)35-25)29-27(31)28(12-13-28)21-5-7-22(8-6-21)30-14-16-36(32,33)17-15-30/h4-11,18,26H,12-17H2,1-3H3,(H,29,31). The fourth-order valence-corrected chi connectivity index (χ4v) is 6.21. The topological polar surface area (TPSA) is 88.9 Å². The SMILES string of the molecule is COc1ccc(C(NC(=O)C2(c3ccc(N4CCS(=O)(=O)CC4)cc3)CC2)c2ccc(C)o2)c(C)c1. The molecular formula is C28H32N2O5S. The van der Waals surface area contributed by atoms with Gasteiger partial charge in [0, 0.05) is 18.8 Å². The van der Waals surface area contributed by atoms with Crippen molar-refractivity contribution in [2.45, 2.75) is 38.1 Å². The Balaban J connectivity index is 1.38. The number of hydrogen-bond donors (Lipinski definition) is 1. The van der Waals surface area contributed by atoms with Crippen LogP contribution in [-0.4, -0.2) is 46.0 Å². The molecule has 1 saturated carbocycles. The first-order valence-electron chi connectivity index (χ1n) is 12.3. The number of rotatable bonds is 7. The summed E-state index contributed by atoms with van der Waals surface area (Å²) >= 11 is 0. The minimum Gasteiger partial charge on any atom is -0.497 e. The molecule has 1 aliphatic carbocycles. The summed E-state index contributed by atoms with van der Waals surface area (Å²) in [6.45, 7) is 4.90. The molecule has 1 saturated heterocycles. The molecule has 2 fully saturated rings. The van der Waals surface area contributed by atoms with Gasteiger partial charge in [-0.05, 0) is 79.8 Å². The molecule has 1 aromatic heterocycles. The molecule has 2 aromatic carbocycles. The average molecular weight is 509 g/mol. The van der Waals surface area contributed by atoms with Crippen LogP contribution in [0.25, 0.3) is 0 Å². The van der Waals surface area contributed by atoms with Gasteiger partial charge in [0.15, 0.2) is 9.84 Å². The van der Waals surface area contributed by atoms with Gasteiger partial charge in [-0.3, -0.25) is 4.79 Å². The van der Waals surface area contributed by atoms with Gasteiger partial charge >= 0.3 is 0 Å². The van der Waals surface area contributed by atoms with Crippen LogP contribution in [0.3, 0.4) is 0 Å². The number of methoxy groups -OCH3 is 1. The molecular weight excluding hydrogens is 476 g/mol. The van der Waals surface area contributed by atoms with Gasteiger partial charge in [0.2, 0.25) is 5.91 Å². The Bertz CT molecular complexity index is 1360. The second-order valence-electron chi connectivity index (χ2n) is 9.85. The first-order valence-corrected chi connectivity index (χ1v) is 14.1. The van der Waals surface area contributed by atoms with Gasteiger partial charge in [-0.1, -0.05) is 18.2 Å². The summed E-state index contributed by atoms with van der Waals surface area (Å²) in [6.07, 6.45) is 1.57. The average Bonchev–Trinajstić information content (AvgIpc) is 3.57. The number of sulfone groups is 1. The lowest BCUT2D eigenvalue weighted by molar-refractivity contribution is -0.124. The van der Waals surface area contributed by atoms with Gasteiger partial charge < -0.3 is 19.4 Å². The second-order valence-corrected chi connectivity index (χ2v) is 12.1. The second kappa shape index (κ2) is 9.32. The molecule has 1 atom stereocenters. The molecule has 8 heteroatoms. The third-order valence-electron chi connectivity index (χ3n) is 7.42. The monoisotopic (exact) mass is 508 g/mol. The van der Waals surface area contributed by atoms with Crippen molar-refractivity contribution in [3.63, 3.8) is 0 Å². The molecule has 0 bridgehead atoms. The highest BCUT2D eigenvalue weighted by atomic mass is 32.2. The molecule has 7 nitrogen and oxygen atoms in total. The van der Waals surface area contributed by atoms with E-state index in [1.165, 1.54) is 0 Å². The maximum Gasteiger partial charge on any atom is 0.231 e. The number of nitrogens with one attached hydrogen (secondary N) is 1. The van der Waals surface area contributed by atoms with Crippen LogP contribution >= 0.6 is 0 Å². The van der Waals surface area contributed by atoms with Crippen LogP contribution < -0.4 is 15.0 Å². The van der Waals surface area contributed by atoms with Crippen molar-refractivity contribution in [2.24, 2.45) is 0 Å².